The summed E-state index contributed by atoms with van der Waals surface area (Å²) < 4.78 is 39.1. The van der Waals surface area contributed by atoms with Gasteiger partial charge < -0.3 is 10.2 Å². The summed E-state index contributed by atoms with van der Waals surface area (Å²) in [4.78, 5) is 28.0. The van der Waals surface area contributed by atoms with Crippen molar-refractivity contribution in [2.45, 2.75) is 64.3 Å². The molecule has 8 heteroatoms. The molecule has 162 valence electrons. The number of halogens is 3. The SMILES string of the molecule is C[C@H](c1cccc(C(F)(F)F)c1)N(CC(=O)N(C)CC(=O)NC(C)(C)C)C1CC1. The van der Waals surface area contributed by atoms with Gasteiger partial charge in [-0.2, -0.15) is 13.2 Å². The summed E-state index contributed by atoms with van der Waals surface area (Å²) in [5.74, 6) is -0.489. The van der Waals surface area contributed by atoms with Crippen LogP contribution in [0.5, 0.6) is 0 Å². The van der Waals surface area contributed by atoms with Gasteiger partial charge in [0.05, 0.1) is 18.7 Å². The Morgan fingerprint density at radius 1 is 1.17 bits per heavy atom. The summed E-state index contributed by atoms with van der Waals surface area (Å²) >= 11 is 0. The number of likely N-dealkylation sites (N-methyl/N-ethyl adjacent to an activating group) is 1. The summed E-state index contributed by atoms with van der Waals surface area (Å²) in [5.41, 5.74) is -0.563. The van der Waals surface area contributed by atoms with Crippen LogP contribution in [0.25, 0.3) is 0 Å². The molecule has 1 aliphatic rings. The third-order valence-corrected chi connectivity index (χ3v) is 4.85. The lowest BCUT2D eigenvalue weighted by Crippen LogP contribution is -2.48. The molecule has 5 nitrogen and oxygen atoms in total. The molecule has 1 atom stereocenters. The summed E-state index contributed by atoms with van der Waals surface area (Å²) in [7, 11) is 1.56. The van der Waals surface area contributed by atoms with Gasteiger partial charge >= 0.3 is 6.18 Å². The number of carbonyl (C=O) groups is 2. The number of nitrogens with one attached hydrogen (secondary N) is 1. The largest absolute Gasteiger partial charge is 0.416 e. The van der Waals surface area contributed by atoms with E-state index in [-0.39, 0.29) is 42.5 Å². The zero-order chi connectivity index (χ0) is 22.0. The number of nitrogens with zero attached hydrogens (tertiary/aromatic N) is 2. The molecule has 0 saturated heterocycles. The quantitative estimate of drug-likeness (QED) is 0.743. The monoisotopic (exact) mass is 413 g/mol. The van der Waals surface area contributed by atoms with Gasteiger partial charge in [0.2, 0.25) is 11.8 Å². The predicted molar refractivity (Wildman–Crippen MR) is 105 cm³/mol. The van der Waals surface area contributed by atoms with Crippen LogP contribution < -0.4 is 5.32 Å². The minimum absolute atomic E-state index is 0.0569. The molecule has 0 spiro atoms. The lowest BCUT2D eigenvalue weighted by Gasteiger charge is -2.31. The maximum absolute atomic E-state index is 13.0. The zero-order valence-corrected chi connectivity index (χ0v) is 17.6. The van der Waals surface area contributed by atoms with Crippen LogP contribution in [0.15, 0.2) is 24.3 Å². The molecule has 1 N–H and O–H groups in total. The summed E-state index contributed by atoms with van der Waals surface area (Å²) in [5, 5.41) is 2.81. The number of hydrogen-bond donors (Lipinski definition) is 1. The molecule has 1 saturated carbocycles. The number of amides is 2. The van der Waals surface area contributed by atoms with Crippen molar-refractivity contribution in [2.24, 2.45) is 0 Å². The lowest BCUT2D eigenvalue weighted by atomic mass is 10.0. The fourth-order valence-corrected chi connectivity index (χ4v) is 3.19. The molecule has 2 amide bonds. The molecular formula is C21H30F3N3O2. The van der Waals surface area contributed by atoms with Gasteiger partial charge in [0.1, 0.15) is 0 Å². The van der Waals surface area contributed by atoms with E-state index in [0.717, 1.165) is 25.0 Å². The van der Waals surface area contributed by atoms with Gasteiger partial charge in [0.25, 0.3) is 0 Å². The first-order chi connectivity index (χ1) is 13.3. The zero-order valence-electron chi connectivity index (χ0n) is 17.6. The van der Waals surface area contributed by atoms with Gasteiger partial charge in [0.15, 0.2) is 0 Å². The van der Waals surface area contributed by atoms with E-state index >= 15 is 0 Å². The molecule has 0 unspecified atom stereocenters. The van der Waals surface area contributed by atoms with Gasteiger partial charge in [-0.15, -0.1) is 0 Å². The van der Waals surface area contributed by atoms with Crippen LogP contribution in [0, 0.1) is 0 Å². The highest BCUT2D eigenvalue weighted by atomic mass is 19.4. The third kappa shape index (κ3) is 7.03. The second-order valence-electron chi connectivity index (χ2n) is 8.75. The van der Waals surface area contributed by atoms with Gasteiger partial charge in [-0.3, -0.25) is 14.5 Å². The van der Waals surface area contributed by atoms with Crippen LogP contribution >= 0.6 is 0 Å². The molecule has 1 aromatic rings. The van der Waals surface area contributed by atoms with Crippen molar-refractivity contribution in [1.82, 2.24) is 15.1 Å². The number of carbonyl (C=O) groups excluding carboxylic acids is 2. The van der Waals surface area contributed by atoms with Crippen molar-refractivity contribution >= 4 is 11.8 Å². The molecule has 1 fully saturated rings. The maximum Gasteiger partial charge on any atom is 0.416 e. The Kier molecular flexibility index (Phi) is 6.98. The van der Waals surface area contributed by atoms with Crippen molar-refractivity contribution in [3.8, 4) is 0 Å². The summed E-state index contributed by atoms with van der Waals surface area (Å²) in [6.07, 6.45) is -2.59. The lowest BCUT2D eigenvalue weighted by molar-refractivity contribution is -0.138. The molecule has 0 aromatic heterocycles. The van der Waals surface area contributed by atoms with E-state index in [1.165, 1.54) is 11.0 Å². The molecular weight excluding hydrogens is 383 g/mol. The average molecular weight is 413 g/mol. The van der Waals surface area contributed by atoms with Crippen LogP contribution in [0.3, 0.4) is 0 Å². The van der Waals surface area contributed by atoms with Crippen molar-refractivity contribution in [1.29, 1.82) is 0 Å². The molecule has 2 rings (SSSR count). The Bertz CT molecular complexity index is 739. The molecule has 0 radical (unpaired) electrons. The minimum atomic E-state index is -4.41. The van der Waals surface area contributed by atoms with E-state index in [2.05, 4.69) is 5.32 Å². The smallest absolute Gasteiger partial charge is 0.350 e. The standard InChI is InChI=1S/C21H30F3N3O2/c1-14(15-7-6-8-16(11-15)21(22,23)24)27(17-9-10-17)13-19(29)26(5)12-18(28)25-20(2,3)4/h6-8,11,14,17H,9-10,12-13H2,1-5H3,(H,25,28)/t14-/m1/s1. The Hall–Kier alpha value is -2.09. The van der Waals surface area contributed by atoms with Gasteiger partial charge in [-0.25, -0.2) is 0 Å². The van der Waals surface area contributed by atoms with Crippen LogP contribution in [0.1, 0.15) is 57.7 Å². The van der Waals surface area contributed by atoms with Crippen molar-refractivity contribution in [2.75, 3.05) is 20.1 Å². The number of alkyl halides is 3. The Labute approximate surface area is 170 Å². The van der Waals surface area contributed by atoms with Crippen molar-refractivity contribution in [3.05, 3.63) is 35.4 Å². The van der Waals surface area contributed by atoms with E-state index in [9.17, 15) is 22.8 Å². The molecule has 0 aliphatic heterocycles. The number of rotatable bonds is 7. The third-order valence-electron chi connectivity index (χ3n) is 4.85. The number of hydrogen-bond acceptors (Lipinski definition) is 3. The van der Waals surface area contributed by atoms with E-state index in [1.807, 2.05) is 32.6 Å². The summed E-state index contributed by atoms with van der Waals surface area (Å²) in [6, 6.07) is 5.06. The summed E-state index contributed by atoms with van der Waals surface area (Å²) in [6.45, 7) is 7.39. The van der Waals surface area contributed by atoms with E-state index < -0.39 is 11.7 Å². The number of benzene rings is 1. The van der Waals surface area contributed by atoms with Crippen molar-refractivity contribution < 1.29 is 22.8 Å². The highest BCUT2D eigenvalue weighted by molar-refractivity contribution is 5.85. The average Bonchev–Trinajstić information content (AvgIpc) is 3.41. The van der Waals surface area contributed by atoms with Crippen LogP contribution in [-0.4, -0.2) is 53.3 Å². The Balaban J connectivity index is 2.06. The first-order valence-electron chi connectivity index (χ1n) is 9.76. The maximum atomic E-state index is 13.0. The molecule has 29 heavy (non-hydrogen) atoms. The Morgan fingerprint density at radius 2 is 1.79 bits per heavy atom. The first kappa shape index (κ1) is 23.2. The molecule has 0 bridgehead atoms. The van der Waals surface area contributed by atoms with Gasteiger partial charge in [0, 0.05) is 24.7 Å². The Morgan fingerprint density at radius 3 is 2.31 bits per heavy atom. The molecule has 0 heterocycles. The van der Waals surface area contributed by atoms with Gasteiger partial charge in [-0.05, 0) is 58.2 Å². The first-order valence-corrected chi connectivity index (χ1v) is 9.76. The van der Waals surface area contributed by atoms with Crippen LogP contribution in [0.4, 0.5) is 13.2 Å². The van der Waals surface area contributed by atoms with E-state index in [1.54, 1.807) is 13.1 Å². The van der Waals surface area contributed by atoms with Crippen LogP contribution in [0.2, 0.25) is 0 Å². The fraction of sp³-hybridized carbons (Fsp3) is 0.619. The van der Waals surface area contributed by atoms with E-state index in [0.29, 0.717) is 5.56 Å². The van der Waals surface area contributed by atoms with Crippen molar-refractivity contribution in [3.63, 3.8) is 0 Å². The minimum Gasteiger partial charge on any atom is -0.350 e. The molecule has 1 aliphatic carbocycles. The van der Waals surface area contributed by atoms with Crippen LogP contribution in [-0.2, 0) is 15.8 Å². The van der Waals surface area contributed by atoms with E-state index in [4.69, 9.17) is 0 Å². The highest BCUT2D eigenvalue weighted by Crippen LogP contribution is 2.36. The fourth-order valence-electron chi connectivity index (χ4n) is 3.19. The predicted octanol–water partition coefficient (Wildman–Crippen LogP) is 3.60. The van der Waals surface area contributed by atoms with Gasteiger partial charge in [-0.1, -0.05) is 12.1 Å². The normalized spacial score (nSPS) is 15.9. The second-order valence-corrected chi connectivity index (χ2v) is 8.75. The second kappa shape index (κ2) is 8.73. The topological polar surface area (TPSA) is 52.7 Å². The molecule has 1 aromatic carbocycles. The highest BCUT2D eigenvalue weighted by Gasteiger charge is 2.36.